The van der Waals surface area contributed by atoms with Crippen molar-refractivity contribution in [2.45, 2.75) is 84.0 Å². The Balaban J connectivity index is 2.81. The summed E-state index contributed by atoms with van der Waals surface area (Å²) < 4.78 is 6.90. The second kappa shape index (κ2) is 13.0. The Morgan fingerprint density at radius 2 is 1.14 bits per heavy atom. The quantitative estimate of drug-likeness (QED) is 0.362. The lowest BCUT2D eigenvalue weighted by molar-refractivity contribution is 0.550. The molecule has 0 heterocycles. The van der Waals surface area contributed by atoms with Gasteiger partial charge < -0.3 is 0 Å². The minimum atomic E-state index is 0.983. The molecule has 0 bridgehead atoms. The van der Waals surface area contributed by atoms with Gasteiger partial charge in [0.2, 0.25) is 0 Å². The zero-order valence-corrected chi connectivity index (χ0v) is 10.1. The number of unbranched alkanes of at least 4 members (excludes halogenated alkanes) is 11. The molecule has 0 aliphatic heterocycles. The second-order valence-corrected chi connectivity index (χ2v) is 4.32. The summed E-state index contributed by atoms with van der Waals surface area (Å²) in [7, 11) is 0. The molecule has 0 saturated carbocycles. The molecule has 0 atom stereocenters. The lowest BCUT2D eigenvalue weighted by atomic mass is 10.1. The van der Waals surface area contributed by atoms with Crippen molar-refractivity contribution >= 4 is 0 Å². The molecule has 0 N–H and O–H groups in total. The van der Waals surface area contributed by atoms with Crippen LogP contribution in [0, 0.1) is 6.90 Å². The Kier molecular flexibility index (Phi) is 11.2. The molecule has 0 aromatic carbocycles. The van der Waals surface area contributed by atoms with Gasteiger partial charge in [0.15, 0.2) is 0 Å². The van der Waals surface area contributed by atoms with Gasteiger partial charge in [-0.05, 0) is 0 Å². The molecule has 14 heavy (non-hydrogen) atoms. The highest BCUT2D eigenvalue weighted by Crippen LogP contribution is 2.11. The molecule has 1 radical (unpaired) electrons. The fourth-order valence-electron chi connectivity index (χ4n) is 1.81. The summed E-state index contributed by atoms with van der Waals surface area (Å²) in [4.78, 5) is 0. The average Bonchev–Trinajstić information content (AvgIpc) is 2.26. The van der Waals surface area contributed by atoms with Crippen LogP contribution >= 0.6 is 0 Å². The van der Waals surface area contributed by atoms with Crippen LogP contribution < -0.4 is 0 Å². The van der Waals surface area contributed by atoms with Crippen LogP contribution in [0.25, 0.3) is 0 Å². The minimum Gasteiger partial charge on any atom is -0.0654 e. The van der Waals surface area contributed by atoms with Crippen LogP contribution in [0.5, 0.6) is 0 Å². The van der Waals surface area contributed by atoms with E-state index in [-0.39, 0.29) is 0 Å². The molecular formula is C14H29. The first-order valence-corrected chi connectivity index (χ1v) is 6.62. The first kappa shape index (κ1) is 12.1. The van der Waals surface area contributed by atoms with Crippen molar-refractivity contribution in [2.75, 3.05) is 0 Å². The molecule has 0 fully saturated rings. The fourth-order valence-corrected chi connectivity index (χ4v) is 1.81. The Hall–Kier alpha value is 0. The Morgan fingerprint density at radius 3 is 1.57 bits per heavy atom. The smallest absolute Gasteiger partial charge is 0.0267 e. The lowest BCUT2D eigenvalue weighted by Gasteiger charge is -2.01. The highest BCUT2D eigenvalue weighted by Gasteiger charge is 1.91. The molecule has 0 saturated heterocycles. The van der Waals surface area contributed by atoms with E-state index in [1.165, 1.54) is 77.5 Å². The van der Waals surface area contributed by atoms with E-state index in [9.17, 15) is 0 Å². The molecule has 0 aliphatic rings. The van der Waals surface area contributed by atoms with Crippen molar-refractivity contribution < 1.29 is 1.37 Å². The number of hydrogen-bond acceptors (Lipinski definition) is 0. The standard InChI is InChI=1S/C14H29/c1-3-5-7-9-11-13-14-12-10-8-6-4-2/h1,3-14H2,2H3/i1D. The van der Waals surface area contributed by atoms with Crippen LogP contribution in [0.2, 0.25) is 0 Å². The average molecular weight is 198 g/mol. The molecule has 85 valence electrons. The fraction of sp³-hybridized carbons (Fsp3) is 0.929. The lowest BCUT2D eigenvalue weighted by Crippen LogP contribution is -1.81. The van der Waals surface area contributed by atoms with E-state index >= 15 is 0 Å². The van der Waals surface area contributed by atoms with Gasteiger partial charge in [-0.3, -0.25) is 0 Å². The van der Waals surface area contributed by atoms with Gasteiger partial charge in [-0.1, -0.05) is 90.9 Å². The summed E-state index contributed by atoms with van der Waals surface area (Å²) in [6, 6.07) is 0. The van der Waals surface area contributed by atoms with Crippen LogP contribution in [0.4, 0.5) is 0 Å². The van der Waals surface area contributed by atoms with Gasteiger partial charge in [0.1, 0.15) is 0 Å². The van der Waals surface area contributed by atoms with E-state index in [1.807, 2.05) is 0 Å². The van der Waals surface area contributed by atoms with E-state index in [4.69, 9.17) is 1.37 Å². The molecule has 0 unspecified atom stereocenters. The molecule has 0 amide bonds. The van der Waals surface area contributed by atoms with Gasteiger partial charge >= 0.3 is 0 Å². The largest absolute Gasteiger partial charge is 0.0654 e. The maximum atomic E-state index is 6.90. The molecule has 0 nitrogen and oxygen atoms in total. The van der Waals surface area contributed by atoms with Crippen LogP contribution in [0.15, 0.2) is 0 Å². The minimum absolute atomic E-state index is 0.983. The zero-order chi connectivity index (χ0) is 11.2. The van der Waals surface area contributed by atoms with Gasteiger partial charge in [-0.25, -0.2) is 0 Å². The molecular weight excluding hydrogens is 168 g/mol. The van der Waals surface area contributed by atoms with Crippen molar-refractivity contribution in [2.24, 2.45) is 0 Å². The Bertz CT molecular complexity index is 89.5. The predicted octanol–water partition coefficient (Wildman–Crippen LogP) is 5.52. The van der Waals surface area contributed by atoms with Gasteiger partial charge in [0, 0.05) is 1.37 Å². The SMILES string of the molecule is [2H][CH]CCCCCCCCCCCCC. The van der Waals surface area contributed by atoms with E-state index in [2.05, 4.69) is 6.92 Å². The first-order valence-electron chi connectivity index (χ1n) is 7.19. The van der Waals surface area contributed by atoms with Crippen LogP contribution in [-0.4, -0.2) is 0 Å². The zero-order valence-electron chi connectivity index (χ0n) is 11.1. The maximum absolute atomic E-state index is 6.90. The molecule has 0 aromatic rings. The maximum Gasteiger partial charge on any atom is 0.0267 e. The van der Waals surface area contributed by atoms with Crippen molar-refractivity contribution in [3.8, 4) is 0 Å². The van der Waals surface area contributed by atoms with Crippen LogP contribution in [0.1, 0.15) is 85.3 Å². The molecule has 0 spiro atoms. The summed E-state index contributed by atoms with van der Waals surface area (Å²) in [6.45, 7) is 3.81. The van der Waals surface area contributed by atoms with Crippen LogP contribution in [-0.2, 0) is 0 Å². The normalized spacial score (nSPS) is 11.6. The Morgan fingerprint density at radius 1 is 0.714 bits per heavy atom. The van der Waals surface area contributed by atoms with Gasteiger partial charge in [-0.2, -0.15) is 0 Å². The second-order valence-electron chi connectivity index (χ2n) is 4.32. The van der Waals surface area contributed by atoms with Crippen molar-refractivity contribution in [1.29, 1.82) is 0 Å². The van der Waals surface area contributed by atoms with Crippen LogP contribution in [0.3, 0.4) is 0 Å². The van der Waals surface area contributed by atoms with E-state index in [1.54, 1.807) is 0 Å². The number of rotatable bonds is 12. The topological polar surface area (TPSA) is 0 Å². The highest BCUT2D eigenvalue weighted by molar-refractivity contribution is 4.48. The molecule has 0 heteroatoms. The summed E-state index contributed by atoms with van der Waals surface area (Å²) >= 11 is 0. The molecule has 0 aliphatic carbocycles. The van der Waals surface area contributed by atoms with E-state index in [0.29, 0.717) is 0 Å². The molecule has 0 aromatic heterocycles. The monoisotopic (exact) mass is 198 g/mol. The van der Waals surface area contributed by atoms with E-state index < -0.39 is 0 Å². The highest BCUT2D eigenvalue weighted by atomic mass is 14.0. The summed E-state index contributed by atoms with van der Waals surface area (Å²) in [6.07, 6.45) is 16.3. The number of hydrogen-bond donors (Lipinski definition) is 0. The third-order valence-electron chi connectivity index (χ3n) is 2.81. The molecule has 0 rings (SSSR count). The van der Waals surface area contributed by atoms with E-state index in [0.717, 1.165) is 6.42 Å². The van der Waals surface area contributed by atoms with Crippen molar-refractivity contribution in [3.63, 3.8) is 0 Å². The first-order chi connectivity index (χ1) is 7.41. The third-order valence-corrected chi connectivity index (χ3v) is 2.81. The summed E-state index contributed by atoms with van der Waals surface area (Å²) in [5.74, 6) is 0. The predicted molar refractivity (Wildman–Crippen MR) is 66.4 cm³/mol. The van der Waals surface area contributed by atoms with Gasteiger partial charge in [-0.15, -0.1) is 0 Å². The summed E-state index contributed by atoms with van der Waals surface area (Å²) in [5.41, 5.74) is 0. The third kappa shape index (κ3) is 12.0. The van der Waals surface area contributed by atoms with Gasteiger partial charge in [0.25, 0.3) is 0 Å². The summed E-state index contributed by atoms with van der Waals surface area (Å²) in [5, 5.41) is 0. The van der Waals surface area contributed by atoms with Crippen molar-refractivity contribution in [3.05, 3.63) is 6.90 Å². The van der Waals surface area contributed by atoms with Crippen molar-refractivity contribution in [1.82, 2.24) is 0 Å². The van der Waals surface area contributed by atoms with Gasteiger partial charge in [0.05, 0.1) is 0 Å². The Labute approximate surface area is 92.9 Å².